The molecule has 5 heteroatoms. The van der Waals surface area contributed by atoms with E-state index in [1.807, 2.05) is 48.5 Å². The first-order chi connectivity index (χ1) is 15.5. The Kier molecular flexibility index (Phi) is 7.26. The van der Waals surface area contributed by atoms with Gasteiger partial charge in [0.1, 0.15) is 22.7 Å². The van der Waals surface area contributed by atoms with E-state index in [2.05, 4.69) is 13.8 Å². The van der Waals surface area contributed by atoms with Crippen molar-refractivity contribution < 1.29 is 14.3 Å². The van der Waals surface area contributed by atoms with Gasteiger partial charge in [0.05, 0.1) is 12.2 Å². The van der Waals surface area contributed by atoms with Gasteiger partial charge in [0.15, 0.2) is 0 Å². The third-order valence-electron chi connectivity index (χ3n) is 6.07. The van der Waals surface area contributed by atoms with E-state index in [1.54, 1.807) is 0 Å². The first kappa shape index (κ1) is 22.5. The van der Waals surface area contributed by atoms with Gasteiger partial charge in [-0.15, -0.1) is 0 Å². The van der Waals surface area contributed by atoms with Crippen molar-refractivity contribution in [1.82, 2.24) is 0 Å². The SMILES string of the molecule is CC(C)c1ccccc1Sc1c(O)c(-c2ccc(OCC3CCCCC3)cc2)coc1=O. The molecule has 0 spiro atoms. The van der Waals surface area contributed by atoms with Crippen LogP contribution >= 0.6 is 11.8 Å². The van der Waals surface area contributed by atoms with Crippen LogP contribution in [0.4, 0.5) is 0 Å². The molecule has 4 nitrogen and oxygen atoms in total. The van der Waals surface area contributed by atoms with Crippen LogP contribution in [-0.2, 0) is 0 Å². The Morgan fingerprint density at radius 2 is 1.78 bits per heavy atom. The van der Waals surface area contributed by atoms with Crippen molar-refractivity contribution in [3.05, 3.63) is 70.8 Å². The highest BCUT2D eigenvalue weighted by atomic mass is 32.2. The zero-order valence-corrected chi connectivity index (χ0v) is 19.5. The lowest BCUT2D eigenvalue weighted by atomic mass is 9.90. The van der Waals surface area contributed by atoms with Gasteiger partial charge < -0.3 is 14.3 Å². The fourth-order valence-electron chi connectivity index (χ4n) is 4.19. The highest BCUT2D eigenvalue weighted by Gasteiger charge is 2.19. The Hall–Kier alpha value is -2.66. The van der Waals surface area contributed by atoms with E-state index < -0.39 is 5.63 Å². The summed E-state index contributed by atoms with van der Waals surface area (Å²) in [5, 5.41) is 10.9. The molecule has 0 aliphatic heterocycles. The summed E-state index contributed by atoms with van der Waals surface area (Å²) in [5.41, 5.74) is 1.85. The van der Waals surface area contributed by atoms with Gasteiger partial charge in [0.2, 0.25) is 0 Å². The van der Waals surface area contributed by atoms with Crippen molar-refractivity contribution in [3.8, 4) is 22.6 Å². The summed E-state index contributed by atoms with van der Waals surface area (Å²) < 4.78 is 11.3. The minimum Gasteiger partial charge on any atom is -0.506 e. The highest BCUT2D eigenvalue weighted by Crippen LogP contribution is 2.40. The molecular formula is C27H30O4S. The Balaban J connectivity index is 1.54. The highest BCUT2D eigenvalue weighted by molar-refractivity contribution is 7.99. The summed E-state index contributed by atoms with van der Waals surface area (Å²) in [7, 11) is 0. The van der Waals surface area contributed by atoms with Crippen molar-refractivity contribution in [2.24, 2.45) is 5.92 Å². The number of hydrogen-bond acceptors (Lipinski definition) is 5. The number of aromatic hydroxyl groups is 1. The monoisotopic (exact) mass is 450 g/mol. The lowest BCUT2D eigenvalue weighted by Crippen LogP contribution is -2.15. The third-order valence-corrected chi connectivity index (χ3v) is 7.22. The van der Waals surface area contributed by atoms with Crippen LogP contribution in [-0.4, -0.2) is 11.7 Å². The molecule has 168 valence electrons. The lowest BCUT2D eigenvalue weighted by Gasteiger charge is -2.21. The molecule has 0 saturated heterocycles. The molecule has 1 aliphatic carbocycles. The second-order valence-corrected chi connectivity index (χ2v) is 9.80. The largest absolute Gasteiger partial charge is 0.506 e. The second kappa shape index (κ2) is 10.3. The summed E-state index contributed by atoms with van der Waals surface area (Å²) in [6, 6.07) is 15.5. The third kappa shape index (κ3) is 5.21. The van der Waals surface area contributed by atoms with Crippen molar-refractivity contribution in [3.63, 3.8) is 0 Å². The van der Waals surface area contributed by atoms with E-state index in [0.29, 0.717) is 17.4 Å². The molecule has 1 N–H and O–H groups in total. The van der Waals surface area contributed by atoms with Crippen LogP contribution in [0.1, 0.15) is 57.4 Å². The summed E-state index contributed by atoms with van der Waals surface area (Å²) in [6.07, 6.45) is 7.75. The van der Waals surface area contributed by atoms with Gasteiger partial charge in [-0.05, 0) is 54.0 Å². The van der Waals surface area contributed by atoms with Gasteiger partial charge >= 0.3 is 5.63 Å². The standard InChI is InChI=1S/C27H30O4S/c1-18(2)22-10-6-7-11-24(22)32-26-25(28)23(17-31-27(26)29)20-12-14-21(15-13-20)30-16-19-8-4-3-5-9-19/h6-7,10-15,17-19,28H,3-5,8-9,16H2,1-2H3. The number of hydrogen-bond donors (Lipinski definition) is 1. The fourth-order valence-corrected chi connectivity index (χ4v) is 5.32. The predicted octanol–water partition coefficient (Wildman–Crippen LogP) is 7.25. The molecule has 0 amide bonds. The van der Waals surface area contributed by atoms with Crippen molar-refractivity contribution in [1.29, 1.82) is 0 Å². The molecule has 0 radical (unpaired) electrons. The van der Waals surface area contributed by atoms with Crippen LogP contribution in [0.2, 0.25) is 0 Å². The zero-order valence-electron chi connectivity index (χ0n) is 18.7. The molecule has 1 heterocycles. The smallest absolute Gasteiger partial charge is 0.353 e. The molecule has 0 atom stereocenters. The van der Waals surface area contributed by atoms with Crippen molar-refractivity contribution in [2.75, 3.05) is 6.61 Å². The Labute approximate surface area is 193 Å². The molecule has 1 fully saturated rings. The van der Waals surface area contributed by atoms with Gasteiger partial charge in [-0.1, -0.05) is 75.2 Å². The van der Waals surface area contributed by atoms with Gasteiger partial charge in [-0.3, -0.25) is 0 Å². The van der Waals surface area contributed by atoms with Crippen LogP contribution in [0.15, 0.2) is 73.8 Å². The maximum absolute atomic E-state index is 12.4. The molecule has 3 aromatic rings. The van der Waals surface area contributed by atoms with Gasteiger partial charge in [-0.25, -0.2) is 4.79 Å². The van der Waals surface area contributed by atoms with Crippen LogP contribution in [0.25, 0.3) is 11.1 Å². The van der Waals surface area contributed by atoms with Gasteiger partial charge in [0, 0.05) is 4.90 Å². The first-order valence-corrected chi connectivity index (χ1v) is 12.2. The topological polar surface area (TPSA) is 59.7 Å². The zero-order chi connectivity index (χ0) is 22.5. The maximum atomic E-state index is 12.4. The average molecular weight is 451 g/mol. The Bertz CT molecular complexity index is 1100. The second-order valence-electron chi connectivity index (χ2n) is 8.75. The molecule has 32 heavy (non-hydrogen) atoms. The lowest BCUT2D eigenvalue weighted by molar-refractivity contribution is 0.209. The van der Waals surface area contributed by atoms with Crippen LogP contribution in [0.3, 0.4) is 0 Å². The molecule has 2 aromatic carbocycles. The average Bonchev–Trinajstić information content (AvgIpc) is 2.82. The predicted molar refractivity (Wildman–Crippen MR) is 129 cm³/mol. The van der Waals surface area contributed by atoms with Crippen molar-refractivity contribution >= 4 is 11.8 Å². The number of benzene rings is 2. The van der Waals surface area contributed by atoms with E-state index in [0.717, 1.165) is 28.4 Å². The Morgan fingerprint density at radius 3 is 2.50 bits per heavy atom. The van der Waals surface area contributed by atoms with E-state index in [-0.39, 0.29) is 10.6 Å². The van der Waals surface area contributed by atoms with Crippen LogP contribution in [0, 0.1) is 5.92 Å². The van der Waals surface area contributed by atoms with Crippen LogP contribution in [0.5, 0.6) is 11.5 Å². The first-order valence-electron chi connectivity index (χ1n) is 11.4. The van der Waals surface area contributed by atoms with E-state index >= 15 is 0 Å². The summed E-state index contributed by atoms with van der Waals surface area (Å²) in [6.45, 7) is 4.97. The minimum atomic E-state index is -0.540. The fraction of sp³-hybridized carbons (Fsp3) is 0.370. The molecule has 1 saturated carbocycles. The molecule has 4 rings (SSSR count). The Morgan fingerprint density at radius 1 is 1.06 bits per heavy atom. The molecule has 1 aliphatic rings. The normalized spacial score (nSPS) is 14.6. The van der Waals surface area contributed by atoms with Gasteiger partial charge in [-0.2, -0.15) is 0 Å². The van der Waals surface area contributed by atoms with E-state index in [1.165, 1.54) is 50.1 Å². The van der Waals surface area contributed by atoms with E-state index in [4.69, 9.17) is 9.15 Å². The number of ether oxygens (including phenoxy) is 1. The minimum absolute atomic E-state index is 0.0549. The molecule has 1 aromatic heterocycles. The summed E-state index contributed by atoms with van der Waals surface area (Å²) in [4.78, 5) is 13.6. The quantitative estimate of drug-likeness (QED) is 0.411. The van der Waals surface area contributed by atoms with Gasteiger partial charge in [0.25, 0.3) is 0 Å². The summed E-state index contributed by atoms with van der Waals surface area (Å²) in [5.74, 6) is 1.71. The summed E-state index contributed by atoms with van der Waals surface area (Å²) >= 11 is 1.25. The molecule has 0 unspecified atom stereocenters. The number of rotatable bonds is 7. The molecular weight excluding hydrogens is 420 g/mol. The van der Waals surface area contributed by atoms with Crippen LogP contribution < -0.4 is 10.4 Å². The van der Waals surface area contributed by atoms with Crippen molar-refractivity contribution in [2.45, 2.75) is 61.7 Å². The molecule has 0 bridgehead atoms. The maximum Gasteiger partial charge on any atom is 0.353 e. The van der Waals surface area contributed by atoms with E-state index in [9.17, 15) is 9.90 Å².